The SMILES string of the molecule is CN=C(NCCCSC)NCc1ccc(C)cc1OC1CCOC1. The van der Waals surface area contributed by atoms with Crippen LogP contribution in [0.2, 0.25) is 0 Å². The number of ether oxygens (including phenoxy) is 2. The molecule has 1 fully saturated rings. The number of hydrogen-bond acceptors (Lipinski definition) is 4. The van der Waals surface area contributed by atoms with Gasteiger partial charge in [0, 0.05) is 32.1 Å². The van der Waals surface area contributed by atoms with Crippen LogP contribution in [-0.2, 0) is 11.3 Å². The van der Waals surface area contributed by atoms with Crippen LogP contribution in [-0.4, -0.2) is 50.9 Å². The van der Waals surface area contributed by atoms with Crippen LogP contribution in [0.1, 0.15) is 24.0 Å². The molecule has 1 heterocycles. The number of aryl methyl sites for hydroxylation is 1. The molecule has 1 unspecified atom stereocenters. The molecular formula is C18H29N3O2S. The molecule has 2 N–H and O–H groups in total. The normalized spacial score (nSPS) is 17.8. The third-order valence-electron chi connectivity index (χ3n) is 3.89. The highest BCUT2D eigenvalue weighted by molar-refractivity contribution is 7.98. The highest BCUT2D eigenvalue weighted by Crippen LogP contribution is 2.23. The number of rotatable bonds is 8. The van der Waals surface area contributed by atoms with Crippen molar-refractivity contribution in [1.82, 2.24) is 10.6 Å². The second-order valence-electron chi connectivity index (χ2n) is 5.91. The van der Waals surface area contributed by atoms with Crippen molar-refractivity contribution in [3.63, 3.8) is 0 Å². The molecule has 0 spiro atoms. The number of benzene rings is 1. The van der Waals surface area contributed by atoms with Crippen molar-refractivity contribution in [2.75, 3.05) is 38.8 Å². The van der Waals surface area contributed by atoms with Crippen molar-refractivity contribution in [2.45, 2.75) is 32.4 Å². The maximum Gasteiger partial charge on any atom is 0.191 e. The fourth-order valence-corrected chi connectivity index (χ4v) is 2.96. The molecule has 0 amide bonds. The Morgan fingerprint density at radius 3 is 3.00 bits per heavy atom. The molecule has 1 aromatic carbocycles. The number of nitrogens with one attached hydrogen (secondary N) is 2. The molecule has 1 aromatic rings. The topological polar surface area (TPSA) is 54.9 Å². The lowest BCUT2D eigenvalue weighted by atomic mass is 10.1. The maximum atomic E-state index is 6.14. The van der Waals surface area contributed by atoms with E-state index in [2.05, 4.69) is 47.0 Å². The summed E-state index contributed by atoms with van der Waals surface area (Å²) < 4.78 is 11.5. The van der Waals surface area contributed by atoms with Crippen molar-refractivity contribution >= 4 is 17.7 Å². The summed E-state index contributed by atoms with van der Waals surface area (Å²) in [5.41, 5.74) is 2.34. The predicted molar refractivity (Wildman–Crippen MR) is 102 cm³/mol. The van der Waals surface area contributed by atoms with E-state index in [1.54, 1.807) is 7.05 Å². The summed E-state index contributed by atoms with van der Waals surface area (Å²) in [5, 5.41) is 6.71. The van der Waals surface area contributed by atoms with Crippen LogP contribution in [0.15, 0.2) is 23.2 Å². The summed E-state index contributed by atoms with van der Waals surface area (Å²) in [5.74, 6) is 2.92. The highest BCUT2D eigenvalue weighted by atomic mass is 32.2. The number of thioether (sulfide) groups is 1. The first-order chi connectivity index (χ1) is 11.7. The fraction of sp³-hybridized carbons (Fsp3) is 0.611. The molecule has 0 aliphatic carbocycles. The van der Waals surface area contributed by atoms with Gasteiger partial charge in [-0.15, -0.1) is 0 Å². The minimum Gasteiger partial charge on any atom is -0.488 e. The van der Waals surface area contributed by atoms with Crippen LogP contribution >= 0.6 is 11.8 Å². The zero-order valence-corrected chi connectivity index (χ0v) is 15.7. The molecule has 1 atom stereocenters. The van der Waals surface area contributed by atoms with Crippen molar-refractivity contribution in [3.05, 3.63) is 29.3 Å². The van der Waals surface area contributed by atoms with Gasteiger partial charge < -0.3 is 20.1 Å². The molecule has 1 aliphatic heterocycles. The number of hydrogen-bond donors (Lipinski definition) is 2. The molecule has 0 bridgehead atoms. The molecule has 0 saturated carbocycles. The molecule has 5 nitrogen and oxygen atoms in total. The first-order valence-electron chi connectivity index (χ1n) is 8.50. The second kappa shape index (κ2) is 10.5. The van der Waals surface area contributed by atoms with Crippen molar-refractivity contribution in [2.24, 2.45) is 4.99 Å². The Morgan fingerprint density at radius 2 is 2.29 bits per heavy atom. The summed E-state index contributed by atoms with van der Waals surface area (Å²) in [7, 11) is 1.80. The zero-order chi connectivity index (χ0) is 17.2. The van der Waals surface area contributed by atoms with E-state index in [1.165, 1.54) is 5.56 Å². The molecular weight excluding hydrogens is 322 g/mol. The van der Waals surface area contributed by atoms with Gasteiger partial charge in [0.05, 0.1) is 13.2 Å². The largest absolute Gasteiger partial charge is 0.488 e. The monoisotopic (exact) mass is 351 g/mol. The number of aliphatic imine (C=N–C) groups is 1. The molecule has 24 heavy (non-hydrogen) atoms. The number of nitrogens with zero attached hydrogens (tertiary/aromatic N) is 1. The van der Waals surface area contributed by atoms with E-state index in [9.17, 15) is 0 Å². The van der Waals surface area contributed by atoms with Crippen molar-refractivity contribution in [3.8, 4) is 5.75 Å². The zero-order valence-electron chi connectivity index (χ0n) is 14.9. The van der Waals surface area contributed by atoms with Gasteiger partial charge >= 0.3 is 0 Å². The third kappa shape index (κ3) is 6.24. The highest BCUT2D eigenvalue weighted by Gasteiger charge is 2.18. The molecule has 1 saturated heterocycles. The summed E-state index contributed by atoms with van der Waals surface area (Å²) >= 11 is 1.86. The lowest BCUT2D eigenvalue weighted by Gasteiger charge is -2.18. The second-order valence-corrected chi connectivity index (χ2v) is 6.90. The van der Waals surface area contributed by atoms with Gasteiger partial charge in [-0.05, 0) is 37.0 Å². The molecule has 134 valence electrons. The van der Waals surface area contributed by atoms with Crippen LogP contribution in [0.3, 0.4) is 0 Å². The van der Waals surface area contributed by atoms with Gasteiger partial charge in [0.25, 0.3) is 0 Å². The lowest BCUT2D eigenvalue weighted by molar-refractivity contribution is 0.140. The van der Waals surface area contributed by atoms with E-state index in [4.69, 9.17) is 9.47 Å². The van der Waals surface area contributed by atoms with Gasteiger partial charge in [-0.1, -0.05) is 12.1 Å². The standard InChI is InChI=1S/C18H29N3O2S/c1-14-5-6-15(17(11-14)23-16-7-9-22-13-16)12-21-18(19-2)20-8-4-10-24-3/h5-6,11,16H,4,7-10,12-13H2,1-3H3,(H2,19,20,21). The number of guanidine groups is 1. The summed E-state index contributed by atoms with van der Waals surface area (Å²) in [4.78, 5) is 4.28. The average molecular weight is 352 g/mol. The maximum absolute atomic E-state index is 6.14. The van der Waals surface area contributed by atoms with E-state index in [0.29, 0.717) is 13.2 Å². The molecule has 6 heteroatoms. The van der Waals surface area contributed by atoms with Crippen LogP contribution in [0.4, 0.5) is 0 Å². The Kier molecular flexibility index (Phi) is 8.25. The van der Waals surface area contributed by atoms with E-state index >= 15 is 0 Å². The summed E-state index contributed by atoms with van der Waals surface area (Å²) in [6, 6.07) is 6.34. The van der Waals surface area contributed by atoms with Gasteiger partial charge in [0.15, 0.2) is 5.96 Å². The van der Waals surface area contributed by atoms with Crippen molar-refractivity contribution in [1.29, 1.82) is 0 Å². The smallest absolute Gasteiger partial charge is 0.191 e. The van der Waals surface area contributed by atoms with E-state index < -0.39 is 0 Å². The van der Waals surface area contributed by atoms with Gasteiger partial charge in [-0.25, -0.2) is 0 Å². The molecule has 2 rings (SSSR count). The lowest BCUT2D eigenvalue weighted by Crippen LogP contribution is -2.37. The van der Waals surface area contributed by atoms with Crippen molar-refractivity contribution < 1.29 is 9.47 Å². The molecule has 0 radical (unpaired) electrons. The molecule has 1 aliphatic rings. The van der Waals surface area contributed by atoms with Gasteiger partial charge in [-0.3, -0.25) is 4.99 Å². The van der Waals surface area contributed by atoms with Gasteiger partial charge in [0.2, 0.25) is 0 Å². The average Bonchev–Trinajstić information content (AvgIpc) is 3.09. The Morgan fingerprint density at radius 1 is 1.42 bits per heavy atom. The van der Waals surface area contributed by atoms with Crippen LogP contribution in [0.5, 0.6) is 5.75 Å². The minimum absolute atomic E-state index is 0.162. The molecule has 0 aromatic heterocycles. The van der Waals surface area contributed by atoms with E-state index in [-0.39, 0.29) is 6.10 Å². The quantitative estimate of drug-likeness (QED) is 0.428. The Bertz CT molecular complexity index is 531. The van der Waals surface area contributed by atoms with Gasteiger partial charge in [-0.2, -0.15) is 11.8 Å². The Labute approximate surface area is 149 Å². The minimum atomic E-state index is 0.162. The van der Waals surface area contributed by atoms with E-state index in [1.807, 2.05) is 11.8 Å². The van der Waals surface area contributed by atoms with Crippen LogP contribution < -0.4 is 15.4 Å². The van der Waals surface area contributed by atoms with E-state index in [0.717, 1.165) is 49.0 Å². The summed E-state index contributed by atoms with van der Waals surface area (Å²) in [6.07, 6.45) is 4.37. The first-order valence-corrected chi connectivity index (χ1v) is 9.89. The fourth-order valence-electron chi connectivity index (χ4n) is 2.53. The van der Waals surface area contributed by atoms with Crippen LogP contribution in [0.25, 0.3) is 0 Å². The third-order valence-corrected chi connectivity index (χ3v) is 4.59. The Balaban J connectivity index is 1.90. The predicted octanol–water partition coefficient (Wildman–Crippen LogP) is 2.58. The Hall–Kier alpha value is -1.40. The first kappa shape index (κ1) is 18.9. The van der Waals surface area contributed by atoms with Gasteiger partial charge in [0.1, 0.15) is 11.9 Å². The summed E-state index contributed by atoms with van der Waals surface area (Å²) in [6.45, 7) is 5.17. The van der Waals surface area contributed by atoms with Crippen LogP contribution in [0, 0.1) is 6.92 Å².